The largest absolute Gasteiger partial charge is 0.469 e. The van der Waals surface area contributed by atoms with Crippen molar-refractivity contribution >= 4 is 17.3 Å². The average molecular weight is 259 g/mol. The molecule has 2 rings (SSSR count). The lowest BCUT2D eigenvalue weighted by Crippen LogP contribution is -2.19. The highest BCUT2D eigenvalue weighted by Gasteiger charge is 2.11. The van der Waals surface area contributed by atoms with Crippen LogP contribution in [0.3, 0.4) is 0 Å². The van der Waals surface area contributed by atoms with Crippen molar-refractivity contribution in [3.05, 3.63) is 47.4 Å². The lowest BCUT2D eigenvalue weighted by molar-refractivity contribution is 0.100. The Morgan fingerprint density at radius 3 is 2.63 bits per heavy atom. The fourth-order valence-electron chi connectivity index (χ4n) is 1.97. The van der Waals surface area contributed by atoms with Crippen molar-refractivity contribution in [2.24, 2.45) is 5.73 Å². The first kappa shape index (κ1) is 13.0. The molecule has 0 aliphatic heterocycles. The minimum atomic E-state index is -0.480. The molecule has 1 aromatic heterocycles. The summed E-state index contributed by atoms with van der Waals surface area (Å²) in [6.45, 7) is 2.60. The third-order valence-electron chi connectivity index (χ3n) is 3.10. The number of carbonyl (C=O) groups excluding carboxylic acids is 1. The number of hydrogen-bond acceptors (Lipinski definition) is 4. The van der Waals surface area contributed by atoms with Crippen LogP contribution in [0.1, 0.15) is 21.7 Å². The molecule has 5 nitrogen and oxygen atoms in total. The Balaban J connectivity index is 2.22. The summed E-state index contributed by atoms with van der Waals surface area (Å²) in [5, 5.41) is 0. The maximum atomic E-state index is 11.1. The molecule has 4 N–H and O–H groups in total. The van der Waals surface area contributed by atoms with E-state index in [9.17, 15) is 4.79 Å². The summed E-state index contributed by atoms with van der Waals surface area (Å²) in [6, 6.07) is 6.99. The molecule has 0 aliphatic carbocycles. The van der Waals surface area contributed by atoms with Crippen LogP contribution >= 0.6 is 0 Å². The molecule has 0 fully saturated rings. The Labute approximate surface area is 111 Å². The van der Waals surface area contributed by atoms with Crippen molar-refractivity contribution in [2.75, 3.05) is 17.7 Å². The standard InChI is InChI=1S/C14H17N3O2/c1-9-11(5-6-19-9)8-17(2)13-4-3-10(14(16)18)7-12(13)15/h3-7H,8,15H2,1-2H3,(H2,16,18). The molecule has 2 aromatic rings. The van der Waals surface area contributed by atoms with Crippen molar-refractivity contribution in [1.82, 2.24) is 0 Å². The molecule has 1 aromatic carbocycles. The van der Waals surface area contributed by atoms with Crippen molar-refractivity contribution in [3.8, 4) is 0 Å². The predicted molar refractivity (Wildman–Crippen MR) is 74.9 cm³/mol. The zero-order chi connectivity index (χ0) is 14.0. The number of hydrogen-bond donors (Lipinski definition) is 2. The minimum Gasteiger partial charge on any atom is -0.469 e. The third kappa shape index (κ3) is 2.70. The van der Waals surface area contributed by atoms with Crippen LogP contribution in [-0.2, 0) is 6.54 Å². The van der Waals surface area contributed by atoms with E-state index >= 15 is 0 Å². The maximum absolute atomic E-state index is 11.1. The van der Waals surface area contributed by atoms with E-state index in [1.165, 1.54) is 0 Å². The van der Waals surface area contributed by atoms with Gasteiger partial charge in [-0.1, -0.05) is 0 Å². The van der Waals surface area contributed by atoms with Gasteiger partial charge < -0.3 is 20.8 Å². The van der Waals surface area contributed by atoms with E-state index in [1.807, 2.05) is 24.9 Å². The van der Waals surface area contributed by atoms with Crippen LogP contribution in [0.15, 0.2) is 34.9 Å². The van der Waals surface area contributed by atoms with Crippen LogP contribution in [0.25, 0.3) is 0 Å². The highest BCUT2D eigenvalue weighted by molar-refractivity contribution is 5.94. The number of benzene rings is 1. The van der Waals surface area contributed by atoms with E-state index in [4.69, 9.17) is 15.9 Å². The smallest absolute Gasteiger partial charge is 0.248 e. The van der Waals surface area contributed by atoms with Crippen LogP contribution in [0.5, 0.6) is 0 Å². The third-order valence-corrected chi connectivity index (χ3v) is 3.10. The first-order chi connectivity index (χ1) is 8.99. The number of carbonyl (C=O) groups is 1. The minimum absolute atomic E-state index is 0.411. The first-order valence-corrected chi connectivity index (χ1v) is 5.92. The zero-order valence-electron chi connectivity index (χ0n) is 11.0. The second-order valence-corrected chi connectivity index (χ2v) is 4.50. The van der Waals surface area contributed by atoms with Crippen molar-refractivity contribution in [2.45, 2.75) is 13.5 Å². The predicted octanol–water partition coefficient (Wildman–Crippen LogP) is 1.91. The molecule has 0 aliphatic rings. The molecule has 1 heterocycles. The number of nitrogen functional groups attached to an aromatic ring is 1. The number of anilines is 2. The van der Waals surface area contributed by atoms with Gasteiger partial charge in [-0.15, -0.1) is 0 Å². The number of rotatable bonds is 4. The van der Waals surface area contributed by atoms with Crippen molar-refractivity contribution in [1.29, 1.82) is 0 Å². The summed E-state index contributed by atoms with van der Waals surface area (Å²) < 4.78 is 5.26. The van der Waals surface area contributed by atoms with E-state index in [0.717, 1.165) is 17.0 Å². The molecule has 0 radical (unpaired) electrons. The van der Waals surface area contributed by atoms with Crippen molar-refractivity contribution < 1.29 is 9.21 Å². The molecule has 0 atom stereocenters. The highest BCUT2D eigenvalue weighted by Crippen LogP contribution is 2.25. The van der Waals surface area contributed by atoms with Gasteiger partial charge in [-0.25, -0.2) is 0 Å². The monoisotopic (exact) mass is 259 g/mol. The van der Waals surface area contributed by atoms with Gasteiger partial charge in [-0.2, -0.15) is 0 Å². The molecule has 0 spiro atoms. The van der Waals surface area contributed by atoms with Gasteiger partial charge in [0.1, 0.15) is 5.76 Å². The summed E-state index contributed by atoms with van der Waals surface area (Å²) in [4.78, 5) is 13.1. The summed E-state index contributed by atoms with van der Waals surface area (Å²) in [5.74, 6) is 0.408. The SMILES string of the molecule is Cc1occc1CN(C)c1ccc(C(N)=O)cc1N. The molecule has 0 saturated carbocycles. The molecule has 1 amide bonds. The summed E-state index contributed by atoms with van der Waals surface area (Å²) in [5.41, 5.74) is 14.1. The van der Waals surface area contributed by atoms with E-state index < -0.39 is 5.91 Å². The van der Waals surface area contributed by atoms with Gasteiger partial charge in [0.2, 0.25) is 5.91 Å². The molecule has 0 bridgehead atoms. The Morgan fingerprint density at radius 2 is 2.11 bits per heavy atom. The molecular weight excluding hydrogens is 242 g/mol. The van der Waals surface area contributed by atoms with Crippen LogP contribution in [0.4, 0.5) is 11.4 Å². The molecule has 5 heteroatoms. The quantitative estimate of drug-likeness (QED) is 0.821. The van der Waals surface area contributed by atoms with Gasteiger partial charge in [0.15, 0.2) is 0 Å². The van der Waals surface area contributed by atoms with E-state index in [-0.39, 0.29) is 0 Å². The van der Waals surface area contributed by atoms with Gasteiger partial charge in [-0.05, 0) is 31.2 Å². The van der Waals surface area contributed by atoms with Gasteiger partial charge >= 0.3 is 0 Å². The average Bonchev–Trinajstić information content (AvgIpc) is 2.74. The summed E-state index contributed by atoms with van der Waals surface area (Å²) in [7, 11) is 1.93. The van der Waals surface area contributed by atoms with Gasteiger partial charge in [-0.3, -0.25) is 4.79 Å². The van der Waals surface area contributed by atoms with Crippen molar-refractivity contribution in [3.63, 3.8) is 0 Å². The lowest BCUT2D eigenvalue weighted by atomic mass is 10.1. The van der Waals surface area contributed by atoms with E-state index in [2.05, 4.69) is 0 Å². The van der Waals surface area contributed by atoms with Crippen LogP contribution in [-0.4, -0.2) is 13.0 Å². The Kier molecular flexibility index (Phi) is 3.46. The number of nitrogens with two attached hydrogens (primary N) is 2. The summed E-state index contributed by atoms with van der Waals surface area (Å²) in [6.07, 6.45) is 1.66. The fourth-order valence-corrected chi connectivity index (χ4v) is 1.97. The maximum Gasteiger partial charge on any atom is 0.248 e. The highest BCUT2D eigenvalue weighted by atomic mass is 16.3. The second kappa shape index (κ2) is 5.06. The molecule has 19 heavy (non-hydrogen) atoms. The van der Waals surface area contributed by atoms with Crippen LogP contribution in [0.2, 0.25) is 0 Å². The number of furan rings is 1. The Hall–Kier alpha value is -2.43. The number of amides is 1. The normalized spacial score (nSPS) is 10.4. The van der Waals surface area contributed by atoms with Gasteiger partial charge in [0.05, 0.1) is 17.6 Å². The molecule has 0 unspecified atom stereocenters. The fraction of sp³-hybridized carbons (Fsp3) is 0.214. The van der Waals surface area contributed by atoms with Gasteiger partial charge in [0.25, 0.3) is 0 Å². The molecule has 0 saturated heterocycles. The Morgan fingerprint density at radius 1 is 1.37 bits per heavy atom. The Bertz CT molecular complexity index is 604. The number of primary amides is 1. The summed E-state index contributed by atoms with van der Waals surface area (Å²) >= 11 is 0. The van der Waals surface area contributed by atoms with Crippen LogP contribution in [0, 0.1) is 6.92 Å². The second-order valence-electron chi connectivity index (χ2n) is 4.50. The van der Waals surface area contributed by atoms with Gasteiger partial charge in [0, 0.05) is 24.7 Å². The molecule has 100 valence electrons. The first-order valence-electron chi connectivity index (χ1n) is 5.92. The zero-order valence-corrected chi connectivity index (χ0v) is 11.0. The lowest BCUT2D eigenvalue weighted by Gasteiger charge is -2.21. The topological polar surface area (TPSA) is 85.5 Å². The van der Waals surface area contributed by atoms with E-state index in [0.29, 0.717) is 17.8 Å². The number of aryl methyl sites for hydroxylation is 1. The van der Waals surface area contributed by atoms with E-state index in [1.54, 1.807) is 24.5 Å². The molecular formula is C14H17N3O2. The van der Waals surface area contributed by atoms with Crippen LogP contribution < -0.4 is 16.4 Å². The number of nitrogens with zero attached hydrogens (tertiary/aromatic N) is 1.